The molecule has 3 rings (SSSR count). The van der Waals surface area contributed by atoms with Crippen LogP contribution >= 0.6 is 11.8 Å². The van der Waals surface area contributed by atoms with Gasteiger partial charge in [-0.2, -0.15) is 0 Å². The summed E-state index contributed by atoms with van der Waals surface area (Å²) in [6.45, 7) is 2.68. The van der Waals surface area contributed by atoms with Crippen LogP contribution in [0.1, 0.15) is 15.9 Å². The summed E-state index contributed by atoms with van der Waals surface area (Å²) in [5.74, 6) is 0.426. The normalized spacial score (nSPS) is 13.3. The first-order valence-corrected chi connectivity index (χ1v) is 8.72. The largest absolute Gasteiger partial charge is 0.376 e. The van der Waals surface area contributed by atoms with E-state index in [4.69, 9.17) is 5.73 Å². The highest BCUT2D eigenvalue weighted by molar-refractivity contribution is 7.99. The predicted octanol–water partition coefficient (Wildman–Crippen LogP) is 2.64. The van der Waals surface area contributed by atoms with Crippen LogP contribution in [0.5, 0.6) is 0 Å². The number of hydrogen-bond donors (Lipinski definition) is 2. The van der Waals surface area contributed by atoms with Crippen molar-refractivity contribution in [2.75, 3.05) is 29.1 Å². The van der Waals surface area contributed by atoms with Crippen molar-refractivity contribution in [2.24, 2.45) is 5.73 Å². The zero-order valence-corrected chi connectivity index (χ0v) is 14.2. The minimum Gasteiger partial charge on any atom is -0.376 e. The van der Waals surface area contributed by atoms with Crippen molar-refractivity contribution >= 4 is 35.0 Å². The first-order valence-electron chi connectivity index (χ1n) is 7.73. The molecule has 3 N–H and O–H groups in total. The van der Waals surface area contributed by atoms with Crippen LogP contribution in [0, 0.1) is 6.92 Å². The number of carbonyl (C=O) groups is 2. The lowest BCUT2D eigenvalue weighted by Gasteiger charge is -2.29. The maximum absolute atomic E-state index is 12.6. The van der Waals surface area contributed by atoms with Crippen LogP contribution in [-0.2, 0) is 4.79 Å². The summed E-state index contributed by atoms with van der Waals surface area (Å²) in [5.41, 5.74) is 8.30. The Bertz CT molecular complexity index is 792. The molecule has 0 unspecified atom stereocenters. The predicted molar refractivity (Wildman–Crippen MR) is 97.7 cm³/mol. The molecule has 0 spiro atoms. The summed E-state index contributed by atoms with van der Waals surface area (Å²) in [6, 6.07) is 13.2. The number of hydrogen-bond acceptors (Lipinski definition) is 4. The first kappa shape index (κ1) is 16.4. The van der Waals surface area contributed by atoms with Gasteiger partial charge in [0.15, 0.2) is 0 Å². The van der Waals surface area contributed by atoms with E-state index in [1.165, 1.54) is 0 Å². The van der Waals surface area contributed by atoms with E-state index in [9.17, 15) is 9.59 Å². The maximum atomic E-state index is 12.6. The summed E-state index contributed by atoms with van der Waals surface area (Å²) in [4.78, 5) is 27.0. The SMILES string of the molecule is Cc1c(NCC(=O)N2CCSc3ccccc32)cccc1C(N)=O. The summed E-state index contributed by atoms with van der Waals surface area (Å²) in [7, 11) is 0. The molecule has 124 valence electrons. The van der Waals surface area contributed by atoms with Gasteiger partial charge in [-0.3, -0.25) is 9.59 Å². The number of para-hydroxylation sites is 1. The first-order chi connectivity index (χ1) is 11.6. The summed E-state index contributed by atoms with van der Waals surface area (Å²) < 4.78 is 0. The van der Waals surface area contributed by atoms with E-state index in [2.05, 4.69) is 5.32 Å². The number of benzene rings is 2. The molecular weight excluding hydrogens is 322 g/mol. The van der Waals surface area contributed by atoms with Crippen LogP contribution in [0.25, 0.3) is 0 Å². The molecule has 2 aromatic carbocycles. The molecule has 5 nitrogen and oxygen atoms in total. The number of nitrogens with zero attached hydrogens (tertiary/aromatic N) is 1. The number of fused-ring (bicyclic) bond motifs is 1. The molecule has 0 bridgehead atoms. The molecule has 1 aliphatic rings. The van der Waals surface area contributed by atoms with Gasteiger partial charge in [-0.1, -0.05) is 18.2 Å². The molecule has 6 heteroatoms. The van der Waals surface area contributed by atoms with Gasteiger partial charge in [0, 0.05) is 28.4 Å². The van der Waals surface area contributed by atoms with E-state index < -0.39 is 5.91 Å². The van der Waals surface area contributed by atoms with Gasteiger partial charge < -0.3 is 16.0 Å². The topological polar surface area (TPSA) is 75.4 Å². The highest BCUT2D eigenvalue weighted by atomic mass is 32.2. The Morgan fingerprint density at radius 2 is 2.00 bits per heavy atom. The van der Waals surface area contributed by atoms with Crippen LogP contribution in [0.15, 0.2) is 47.4 Å². The van der Waals surface area contributed by atoms with Crippen molar-refractivity contribution in [3.8, 4) is 0 Å². The van der Waals surface area contributed by atoms with E-state index in [0.717, 1.165) is 27.6 Å². The van der Waals surface area contributed by atoms with Crippen molar-refractivity contribution in [3.05, 3.63) is 53.6 Å². The van der Waals surface area contributed by atoms with Crippen molar-refractivity contribution in [2.45, 2.75) is 11.8 Å². The molecule has 24 heavy (non-hydrogen) atoms. The Morgan fingerprint density at radius 1 is 1.21 bits per heavy atom. The third-order valence-corrected chi connectivity index (χ3v) is 5.10. The lowest BCUT2D eigenvalue weighted by Crippen LogP contribution is -2.39. The van der Waals surface area contributed by atoms with Crippen molar-refractivity contribution in [1.82, 2.24) is 0 Å². The Kier molecular flexibility index (Phi) is 4.76. The molecule has 0 radical (unpaired) electrons. The van der Waals surface area contributed by atoms with Gasteiger partial charge in [-0.15, -0.1) is 11.8 Å². The van der Waals surface area contributed by atoms with Crippen molar-refractivity contribution < 1.29 is 9.59 Å². The lowest BCUT2D eigenvalue weighted by molar-refractivity contribution is -0.117. The van der Waals surface area contributed by atoms with Gasteiger partial charge in [-0.05, 0) is 36.8 Å². The standard InChI is InChI=1S/C18H19N3O2S/c1-12-13(18(19)23)5-4-6-14(12)20-11-17(22)21-9-10-24-16-8-3-2-7-15(16)21/h2-8,20H,9-11H2,1H3,(H2,19,23). The van der Waals surface area contributed by atoms with Crippen LogP contribution < -0.4 is 16.0 Å². The Morgan fingerprint density at radius 3 is 2.79 bits per heavy atom. The van der Waals surface area contributed by atoms with E-state index in [0.29, 0.717) is 12.1 Å². The number of rotatable bonds is 4. The molecular formula is C18H19N3O2S. The molecule has 1 heterocycles. The minimum absolute atomic E-state index is 0.00614. The minimum atomic E-state index is -0.468. The molecule has 0 fully saturated rings. The monoisotopic (exact) mass is 341 g/mol. The van der Waals surface area contributed by atoms with Crippen LogP contribution in [0.4, 0.5) is 11.4 Å². The van der Waals surface area contributed by atoms with Crippen molar-refractivity contribution in [1.29, 1.82) is 0 Å². The highest BCUT2D eigenvalue weighted by Crippen LogP contribution is 2.34. The van der Waals surface area contributed by atoms with E-state index in [1.807, 2.05) is 42.2 Å². The number of carbonyl (C=O) groups excluding carboxylic acids is 2. The number of nitrogens with one attached hydrogen (secondary N) is 1. The third-order valence-electron chi connectivity index (χ3n) is 4.06. The molecule has 2 aromatic rings. The number of anilines is 2. The summed E-state index contributed by atoms with van der Waals surface area (Å²) in [5, 5.41) is 3.13. The van der Waals surface area contributed by atoms with Gasteiger partial charge in [0.1, 0.15) is 0 Å². The third kappa shape index (κ3) is 3.23. The van der Waals surface area contributed by atoms with Crippen LogP contribution in [0.2, 0.25) is 0 Å². The summed E-state index contributed by atoms with van der Waals surface area (Å²) in [6.07, 6.45) is 0. The average Bonchev–Trinajstić information content (AvgIpc) is 2.59. The molecule has 0 aliphatic carbocycles. The Labute approximate surface area is 145 Å². The van der Waals surface area contributed by atoms with Gasteiger partial charge in [0.05, 0.1) is 12.2 Å². The smallest absolute Gasteiger partial charge is 0.249 e. The zero-order valence-electron chi connectivity index (χ0n) is 13.4. The van der Waals surface area contributed by atoms with Crippen LogP contribution in [-0.4, -0.2) is 30.7 Å². The number of nitrogens with two attached hydrogens (primary N) is 1. The van der Waals surface area contributed by atoms with Gasteiger partial charge in [-0.25, -0.2) is 0 Å². The average molecular weight is 341 g/mol. The van der Waals surface area contributed by atoms with E-state index >= 15 is 0 Å². The second kappa shape index (κ2) is 6.97. The molecule has 2 amide bonds. The fourth-order valence-corrected chi connectivity index (χ4v) is 3.78. The Hall–Kier alpha value is -2.47. The quantitative estimate of drug-likeness (QED) is 0.896. The highest BCUT2D eigenvalue weighted by Gasteiger charge is 2.22. The number of thioether (sulfide) groups is 1. The molecule has 1 aliphatic heterocycles. The Balaban J connectivity index is 1.73. The summed E-state index contributed by atoms with van der Waals surface area (Å²) >= 11 is 1.77. The lowest BCUT2D eigenvalue weighted by atomic mass is 10.1. The van der Waals surface area contributed by atoms with Gasteiger partial charge in [0.25, 0.3) is 0 Å². The zero-order chi connectivity index (χ0) is 17.1. The number of primary amides is 1. The fourth-order valence-electron chi connectivity index (χ4n) is 2.79. The van der Waals surface area contributed by atoms with E-state index in [-0.39, 0.29) is 12.5 Å². The maximum Gasteiger partial charge on any atom is 0.249 e. The second-order valence-electron chi connectivity index (χ2n) is 5.56. The molecule has 0 saturated carbocycles. The number of amides is 2. The molecule has 0 aromatic heterocycles. The molecule has 0 saturated heterocycles. The van der Waals surface area contributed by atoms with E-state index in [1.54, 1.807) is 23.9 Å². The molecule has 0 atom stereocenters. The fraction of sp³-hybridized carbons (Fsp3) is 0.222. The van der Waals surface area contributed by atoms with Gasteiger partial charge in [0.2, 0.25) is 11.8 Å². The van der Waals surface area contributed by atoms with Crippen LogP contribution in [0.3, 0.4) is 0 Å². The second-order valence-corrected chi connectivity index (χ2v) is 6.69. The van der Waals surface area contributed by atoms with Crippen molar-refractivity contribution in [3.63, 3.8) is 0 Å². The van der Waals surface area contributed by atoms with Gasteiger partial charge >= 0.3 is 0 Å².